The van der Waals surface area contributed by atoms with E-state index in [9.17, 15) is 4.79 Å². The van der Waals surface area contributed by atoms with Crippen LogP contribution >= 0.6 is 11.6 Å². The molecule has 1 aromatic rings. The first-order valence-corrected chi connectivity index (χ1v) is 6.86. The van der Waals surface area contributed by atoms with Gasteiger partial charge in [0, 0.05) is 17.0 Å². The molecule has 1 aliphatic heterocycles. The van der Waals surface area contributed by atoms with Crippen molar-refractivity contribution in [1.82, 2.24) is 0 Å². The summed E-state index contributed by atoms with van der Waals surface area (Å²) in [5.74, 6) is 0.131. The summed E-state index contributed by atoms with van der Waals surface area (Å²) < 4.78 is 10.9. The molecule has 1 unspecified atom stereocenters. The molecule has 1 aliphatic rings. The number of esters is 1. The van der Waals surface area contributed by atoms with Crippen molar-refractivity contribution in [3.8, 4) is 5.75 Å². The molecule has 0 spiro atoms. The Hall–Kier alpha value is -1.26. The second kappa shape index (κ2) is 4.64. The summed E-state index contributed by atoms with van der Waals surface area (Å²) >= 11 is 6.30. The average molecular weight is 298 g/mol. The third-order valence-corrected chi connectivity index (χ3v) is 4.31. The van der Waals surface area contributed by atoms with Gasteiger partial charge in [0.25, 0.3) is 0 Å². The molecule has 0 saturated carbocycles. The minimum atomic E-state index is -1.24. The van der Waals surface area contributed by atoms with Crippen LogP contribution in [0.2, 0.25) is 5.02 Å². The van der Waals surface area contributed by atoms with E-state index in [1.807, 2.05) is 33.8 Å². The van der Waals surface area contributed by atoms with Crippen LogP contribution in [0.15, 0.2) is 6.07 Å². The lowest BCUT2D eigenvalue weighted by Gasteiger charge is -2.43. The van der Waals surface area contributed by atoms with Crippen LogP contribution in [-0.4, -0.2) is 18.7 Å². The van der Waals surface area contributed by atoms with E-state index in [4.69, 9.17) is 26.8 Å². The van der Waals surface area contributed by atoms with Crippen molar-refractivity contribution >= 4 is 17.6 Å². The van der Waals surface area contributed by atoms with Gasteiger partial charge in [-0.2, -0.15) is 0 Å². The highest BCUT2D eigenvalue weighted by molar-refractivity contribution is 6.32. The number of methoxy groups -OCH3 is 1. The first-order valence-electron chi connectivity index (χ1n) is 6.49. The van der Waals surface area contributed by atoms with Gasteiger partial charge in [-0.15, -0.1) is 0 Å². The topological polar surface area (TPSA) is 61.5 Å². The summed E-state index contributed by atoms with van der Waals surface area (Å²) in [6.45, 7) is 7.55. The Morgan fingerprint density at radius 3 is 2.60 bits per heavy atom. The van der Waals surface area contributed by atoms with Gasteiger partial charge in [0.15, 0.2) is 0 Å². The number of hydrogen-bond acceptors (Lipinski definition) is 4. The van der Waals surface area contributed by atoms with Crippen molar-refractivity contribution in [3.63, 3.8) is 0 Å². The number of hydrogen-bond donors (Lipinski definition) is 1. The molecular weight excluding hydrogens is 278 g/mol. The number of carbonyl (C=O) groups excluding carboxylic acids is 1. The molecule has 5 heteroatoms. The highest BCUT2D eigenvalue weighted by Crippen LogP contribution is 2.46. The molecule has 1 atom stereocenters. The molecule has 1 heterocycles. The molecule has 0 fully saturated rings. The van der Waals surface area contributed by atoms with Crippen LogP contribution in [0, 0.1) is 13.8 Å². The molecule has 0 aromatic heterocycles. The molecule has 4 nitrogen and oxygen atoms in total. The highest BCUT2D eigenvalue weighted by atomic mass is 35.5. The van der Waals surface area contributed by atoms with E-state index in [1.54, 1.807) is 0 Å². The van der Waals surface area contributed by atoms with Gasteiger partial charge in [-0.05, 0) is 44.9 Å². The van der Waals surface area contributed by atoms with Crippen LogP contribution in [0.5, 0.6) is 5.75 Å². The molecule has 110 valence electrons. The van der Waals surface area contributed by atoms with E-state index >= 15 is 0 Å². The van der Waals surface area contributed by atoms with Crippen molar-refractivity contribution in [2.75, 3.05) is 7.11 Å². The SMILES string of the molecule is COC(=O)C1(N)CC(C)(C)Oc2cc(C)c(Cl)c(C)c21. The van der Waals surface area contributed by atoms with Gasteiger partial charge in [0.2, 0.25) is 0 Å². The lowest BCUT2D eigenvalue weighted by Crippen LogP contribution is -2.55. The second-order valence-electron chi connectivity index (χ2n) is 6.01. The molecule has 0 amide bonds. The van der Waals surface area contributed by atoms with E-state index in [-0.39, 0.29) is 0 Å². The summed E-state index contributed by atoms with van der Waals surface area (Å²) in [4.78, 5) is 12.2. The van der Waals surface area contributed by atoms with E-state index in [0.29, 0.717) is 22.8 Å². The maximum Gasteiger partial charge on any atom is 0.330 e. The Morgan fingerprint density at radius 2 is 2.05 bits per heavy atom. The Kier molecular flexibility index (Phi) is 3.51. The Balaban J connectivity index is 2.77. The van der Waals surface area contributed by atoms with Crippen LogP contribution in [-0.2, 0) is 15.1 Å². The molecule has 0 saturated heterocycles. The fraction of sp³-hybridized carbons (Fsp3) is 0.533. The molecule has 20 heavy (non-hydrogen) atoms. The zero-order chi connectivity index (χ0) is 15.3. The first kappa shape index (κ1) is 15.1. The van der Waals surface area contributed by atoms with Crippen molar-refractivity contribution in [3.05, 3.63) is 27.8 Å². The molecule has 2 N–H and O–H groups in total. The molecule has 0 aliphatic carbocycles. The number of aryl methyl sites for hydroxylation is 1. The summed E-state index contributed by atoms with van der Waals surface area (Å²) in [6, 6.07) is 1.83. The van der Waals surface area contributed by atoms with Crippen molar-refractivity contribution in [1.29, 1.82) is 0 Å². The minimum Gasteiger partial charge on any atom is -0.487 e. The standard InChI is InChI=1S/C15H20ClNO3/c1-8-6-10-11(9(2)12(8)16)15(17,13(18)19-5)7-14(3,4)20-10/h6H,7,17H2,1-5H3. The van der Waals surface area contributed by atoms with Crippen LogP contribution in [0.25, 0.3) is 0 Å². The molecule has 0 bridgehead atoms. The van der Waals surface area contributed by atoms with Gasteiger partial charge in [-0.25, -0.2) is 4.79 Å². The lowest BCUT2D eigenvalue weighted by atomic mass is 9.76. The minimum absolute atomic E-state index is 0.333. The monoisotopic (exact) mass is 297 g/mol. The highest BCUT2D eigenvalue weighted by Gasteiger charge is 2.50. The van der Waals surface area contributed by atoms with Gasteiger partial charge < -0.3 is 15.2 Å². The third kappa shape index (κ3) is 2.17. The van der Waals surface area contributed by atoms with E-state index in [1.165, 1.54) is 7.11 Å². The van der Waals surface area contributed by atoms with E-state index in [0.717, 1.165) is 11.1 Å². The maximum absolute atomic E-state index is 12.2. The van der Waals surface area contributed by atoms with Gasteiger partial charge in [-0.3, -0.25) is 0 Å². The van der Waals surface area contributed by atoms with Crippen LogP contribution in [0.3, 0.4) is 0 Å². The molecule has 1 aromatic carbocycles. The quantitative estimate of drug-likeness (QED) is 0.810. The van der Waals surface area contributed by atoms with Crippen LogP contribution in [0.1, 0.15) is 37.0 Å². The summed E-state index contributed by atoms with van der Waals surface area (Å²) in [6.07, 6.45) is 0.333. The number of benzene rings is 1. The van der Waals surface area contributed by atoms with Crippen molar-refractivity contribution in [2.45, 2.75) is 45.3 Å². The third-order valence-electron chi connectivity index (χ3n) is 3.73. The van der Waals surface area contributed by atoms with Gasteiger partial charge in [0.1, 0.15) is 16.9 Å². The molecule has 2 rings (SSSR count). The van der Waals surface area contributed by atoms with Crippen LogP contribution < -0.4 is 10.5 Å². The van der Waals surface area contributed by atoms with Crippen molar-refractivity contribution < 1.29 is 14.3 Å². The fourth-order valence-corrected chi connectivity index (χ4v) is 3.16. The summed E-state index contributed by atoms with van der Waals surface area (Å²) in [7, 11) is 1.34. The predicted octanol–water partition coefficient (Wildman–Crippen LogP) is 2.84. The fourth-order valence-electron chi connectivity index (χ4n) is 3.01. The normalized spacial score (nSPS) is 23.8. The summed E-state index contributed by atoms with van der Waals surface area (Å²) in [5.41, 5.74) is 6.90. The zero-order valence-electron chi connectivity index (χ0n) is 12.5. The largest absolute Gasteiger partial charge is 0.487 e. The maximum atomic E-state index is 12.2. The number of carbonyl (C=O) groups is 1. The zero-order valence-corrected chi connectivity index (χ0v) is 13.2. The number of ether oxygens (including phenoxy) is 2. The smallest absolute Gasteiger partial charge is 0.330 e. The lowest BCUT2D eigenvalue weighted by molar-refractivity contribution is -0.151. The van der Waals surface area contributed by atoms with Crippen molar-refractivity contribution in [2.24, 2.45) is 5.73 Å². The molecular formula is C15H20ClNO3. The Bertz CT molecular complexity index is 583. The Labute approximate surface area is 124 Å². The van der Waals surface area contributed by atoms with E-state index in [2.05, 4.69) is 0 Å². The number of halogens is 1. The van der Waals surface area contributed by atoms with Gasteiger partial charge in [0.05, 0.1) is 7.11 Å². The Morgan fingerprint density at radius 1 is 1.45 bits per heavy atom. The van der Waals surface area contributed by atoms with Gasteiger partial charge in [-0.1, -0.05) is 11.6 Å². The number of fused-ring (bicyclic) bond motifs is 1. The van der Waals surface area contributed by atoms with E-state index < -0.39 is 17.1 Å². The first-order chi connectivity index (χ1) is 9.12. The number of rotatable bonds is 1. The van der Waals surface area contributed by atoms with Crippen LogP contribution in [0.4, 0.5) is 0 Å². The van der Waals surface area contributed by atoms with Gasteiger partial charge >= 0.3 is 5.97 Å². The number of nitrogens with two attached hydrogens (primary N) is 1. The molecule has 0 radical (unpaired) electrons. The predicted molar refractivity (Wildman–Crippen MR) is 78.1 cm³/mol. The second-order valence-corrected chi connectivity index (χ2v) is 6.39. The average Bonchev–Trinajstić information content (AvgIpc) is 2.32. The summed E-state index contributed by atoms with van der Waals surface area (Å²) in [5, 5.41) is 0.603.